The van der Waals surface area contributed by atoms with Crippen molar-refractivity contribution < 1.29 is 4.79 Å². The lowest BCUT2D eigenvalue weighted by atomic mass is 10.2. The largest absolute Gasteiger partial charge is 0.352 e. The Morgan fingerprint density at radius 2 is 2.08 bits per heavy atom. The lowest BCUT2D eigenvalue weighted by molar-refractivity contribution is 0.0955. The topological polar surface area (TPSA) is 110 Å². The van der Waals surface area contributed by atoms with Gasteiger partial charge in [0.15, 0.2) is 5.82 Å². The van der Waals surface area contributed by atoms with Gasteiger partial charge in [0, 0.05) is 17.5 Å². The molecule has 124 valence electrons. The number of aromatic nitrogens is 4. The first-order valence-corrected chi connectivity index (χ1v) is 7.96. The van der Waals surface area contributed by atoms with Crippen LogP contribution in [-0.2, 0) is 0 Å². The number of hydrogen-bond donors (Lipinski definition) is 4. The molecule has 0 aliphatic carbocycles. The highest BCUT2D eigenvalue weighted by Gasteiger charge is 2.13. The summed E-state index contributed by atoms with van der Waals surface area (Å²) >= 11 is 0. The van der Waals surface area contributed by atoms with Crippen LogP contribution in [0.25, 0.3) is 33.5 Å². The molecule has 4 rings (SSSR count). The number of imidazole rings is 1. The predicted molar refractivity (Wildman–Crippen MR) is 96.9 cm³/mol. The summed E-state index contributed by atoms with van der Waals surface area (Å²) in [5, 5.41) is 18.1. The monoisotopic (exact) mass is 332 g/mol. The minimum Gasteiger partial charge on any atom is -0.352 e. The molecule has 0 saturated heterocycles. The van der Waals surface area contributed by atoms with E-state index in [0.29, 0.717) is 24.4 Å². The van der Waals surface area contributed by atoms with Crippen LogP contribution in [0.1, 0.15) is 16.8 Å². The fourth-order valence-electron chi connectivity index (χ4n) is 2.77. The number of amides is 1. The number of nitrogens with zero attached hydrogens (tertiary/aromatic N) is 2. The fraction of sp³-hybridized carbons (Fsp3) is 0.111. The lowest BCUT2D eigenvalue weighted by Gasteiger charge is -2.02. The van der Waals surface area contributed by atoms with Crippen LogP contribution in [0, 0.1) is 5.41 Å². The maximum absolute atomic E-state index is 12.1. The molecule has 0 atom stereocenters. The highest BCUT2D eigenvalue weighted by molar-refractivity contribution is 5.98. The summed E-state index contributed by atoms with van der Waals surface area (Å²) in [7, 11) is 0. The Hall–Kier alpha value is -3.48. The van der Waals surface area contributed by atoms with Gasteiger partial charge in [-0.1, -0.05) is 18.2 Å². The molecular weight excluding hydrogens is 316 g/mol. The van der Waals surface area contributed by atoms with Crippen LogP contribution in [0.3, 0.4) is 0 Å². The van der Waals surface area contributed by atoms with E-state index in [9.17, 15) is 4.79 Å². The minimum atomic E-state index is -0.162. The van der Waals surface area contributed by atoms with Gasteiger partial charge in [-0.25, -0.2) is 4.98 Å². The molecular formula is C18H16N6O. The molecule has 0 fully saturated rings. The zero-order valence-corrected chi connectivity index (χ0v) is 13.3. The maximum Gasteiger partial charge on any atom is 0.251 e. The summed E-state index contributed by atoms with van der Waals surface area (Å²) in [5.74, 6) is 0.499. The minimum absolute atomic E-state index is 0.162. The van der Waals surface area contributed by atoms with Gasteiger partial charge >= 0.3 is 0 Å². The predicted octanol–water partition coefficient (Wildman–Crippen LogP) is 2.88. The summed E-state index contributed by atoms with van der Waals surface area (Å²) in [6.45, 7) is 0.452. The second-order valence-corrected chi connectivity index (χ2v) is 5.68. The molecule has 0 aliphatic heterocycles. The Bertz CT molecular complexity index is 1080. The number of para-hydroxylation sites is 1. The molecule has 0 bridgehead atoms. The van der Waals surface area contributed by atoms with E-state index in [-0.39, 0.29) is 5.91 Å². The van der Waals surface area contributed by atoms with E-state index < -0.39 is 0 Å². The number of H-pyrrole nitrogens is 2. The number of hydrogen-bond acceptors (Lipinski definition) is 4. The molecule has 25 heavy (non-hydrogen) atoms. The first-order chi connectivity index (χ1) is 12.3. The van der Waals surface area contributed by atoms with E-state index in [1.165, 1.54) is 6.21 Å². The number of carbonyl (C=O) groups is 1. The van der Waals surface area contributed by atoms with Crippen LogP contribution in [0.5, 0.6) is 0 Å². The Balaban J connectivity index is 1.69. The third-order valence-electron chi connectivity index (χ3n) is 4.01. The molecule has 1 amide bonds. The van der Waals surface area contributed by atoms with Crippen molar-refractivity contribution in [3.8, 4) is 11.5 Å². The SMILES string of the molecule is N=CCCNC(=O)c1ccc2nc(-c3n[nH]c4ccccc34)[nH]c2c1. The molecule has 2 aromatic carbocycles. The zero-order valence-electron chi connectivity index (χ0n) is 13.3. The van der Waals surface area contributed by atoms with E-state index in [0.717, 1.165) is 27.6 Å². The van der Waals surface area contributed by atoms with Crippen molar-refractivity contribution in [2.24, 2.45) is 0 Å². The van der Waals surface area contributed by atoms with Crippen LogP contribution >= 0.6 is 0 Å². The molecule has 0 radical (unpaired) electrons. The van der Waals surface area contributed by atoms with E-state index in [1.807, 2.05) is 30.3 Å². The van der Waals surface area contributed by atoms with Gasteiger partial charge in [0.2, 0.25) is 0 Å². The van der Waals surface area contributed by atoms with Crippen LogP contribution in [0.4, 0.5) is 0 Å². The summed E-state index contributed by atoms with van der Waals surface area (Å²) in [5.41, 5.74) is 3.81. The van der Waals surface area contributed by atoms with Crippen molar-refractivity contribution in [1.29, 1.82) is 5.41 Å². The molecule has 0 aliphatic rings. The Kier molecular flexibility index (Phi) is 3.74. The van der Waals surface area contributed by atoms with Gasteiger partial charge in [-0.3, -0.25) is 9.89 Å². The van der Waals surface area contributed by atoms with Gasteiger partial charge in [-0.2, -0.15) is 5.10 Å². The lowest BCUT2D eigenvalue weighted by Crippen LogP contribution is -2.24. The average Bonchev–Trinajstić information content (AvgIpc) is 3.24. The van der Waals surface area contributed by atoms with E-state index in [2.05, 4.69) is 25.5 Å². The summed E-state index contributed by atoms with van der Waals surface area (Å²) < 4.78 is 0. The van der Waals surface area contributed by atoms with Gasteiger partial charge in [-0.15, -0.1) is 0 Å². The molecule has 7 heteroatoms. The van der Waals surface area contributed by atoms with Gasteiger partial charge in [0.25, 0.3) is 5.91 Å². The van der Waals surface area contributed by atoms with Crippen molar-refractivity contribution in [2.75, 3.05) is 6.54 Å². The standard InChI is InChI=1S/C18H16N6O/c19-8-3-9-20-18(25)11-6-7-14-15(10-11)22-17(21-14)16-12-4-1-2-5-13(12)23-24-16/h1-2,4-8,10,19H,3,9H2,(H,20,25)(H,21,22)(H,23,24). The molecule has 2 aromatic heterocycles. The van der Waals surface area contributed by atoms with E-state index in [4.69, 9.17) is 5.41 Å². The normalized spacial score (nSPS) is 11.0. The first-order valence-electron chi connectivity index (χ1n) is 7.96. The molecule has 2 heterocycles. The number of carbonyl (C=O) groups excluding carboxylic acids is 1. The van der Waals surface area contributed by atoms with Crippen LogP contribution in [0.2, 0.25) is 0 Å². The third-order valence-corrected chi connectivity index (χ3v) is 4.01. The second kappa shape index (κ2) is 6.20. The van der Waals surface area contributed by atoms with Crippen LogP contribution in [-0.4, -0.2) is 38.8 Å². The molecule has 4 aromatic rings. The number of aromatic amines is 2. The zero-order chi connectivity index (χ0) is 17.2. The molecule has 4 N–H and O–H groups in total. The van der Waals surface area contributed by atoms with Gasteiger partial charge in [0.1, 0.15) is 5.69 Å². The summed E-state index contributed by atoms with van der Waals surface area (Å²) in [6, 6.07) is 13.2. The van der Waals surface area contributed by atoms with Crippen molar-refractivity contribution in [3.05, 3.63) is 48.0 Å². The maximum atomic E-state index is 12.1. The van der Waals surface area contributed by atoms with Crippen molar-refractivity contribution in [1.82, 2.24) is 25.5 Å². The van der Waals surface area contributed by atoms with Crippen molar-refractivity contribution in [3.63, 3.8) is 0 Å². The van der Waals surface area contributed by atoms with Crippen LogP contribution < -0.4 is 5.32 Å². The fourth-order valence-corrected chi connectivity index (χ4v) is 2.77. The molecule has 0 saturated carbocycles. The van der Waals surface area contributed by atoms with Gasteiger partial charge in [0.05, 0.1) is 16.6 Å². The average molecular weight is 332 g/mol. The Morgan fingerprint density at radius 1 is 1.20 bits per heavy atom. The van der Waals surface area contributed by atoms with E-state index in [1.54, 1.807) is 12.1 Å². The first kappa shape index (κ1) is 15.1. The molecule has 0 unspecified atom stereocenters. The second-order valence-electron chi connectivity index (χ2n) is 5.68. The highest BCUT2D eigenvalue weighted by Crippen LogP contribution is 2.26. The highest BCUT2D eigenvalue weighted by atomic mass is 16.1. The van der Waals surface area contributed by atoms with Gasteiger partial charge in [-0.05, 0) is 36.9 Å². The van der Waals surface area contributed by atoms with Gasteiger partial charge < -0.3 is 15.7 Å². The molecule has 0 spiro atoms. The number of fused-ring (bicyclic) bond motifs is 2. The molecule has 7 nitrogen and oxygen atoms in total. The summed E-state index contributed by atoms with van der Waals surface area (Å²) in [6.07, 6.45) is 1.80. The number of nitrogens with one attached hydrogen (secondary N) is 4. The Morgan fingerprint density at radius 3 is 2.96 bits per heavy atom. The third kappa shape index (κ3) is 2.76. The smallest absolute Gasteiger partial charge is 0.251 e. The van der Waals surface area contributed by atoms with Crippen molar-refractivity contribution >= 4 is 34.1 Å². The number of rotatable bonds is 5. The van der Waals surface area contributed by atoms with E-state index >= 15 is 0 Å². The van der Waals surface area contributed by atoms with Crippen LogP contribution in [0.15, 0.2) is 42.5 Å². The quantitative estimate of drug-likeness (QED) is 0.333. The number of benzene rings is 2. The Labute approximate surface area is 143 Å². The van der Waals surface area contributed by atoms with Crippen molar-refractivity contribution in [2.45, 2.75) is 6.42 Å². The summed E-state index contributed by atoms with van der Waals surface area (Å²) in [4.78, 5) is 20.0.